The SMILES string of the molecule is O=C(CC1(O)CCCC1)Nc1nc(-c2ccco2)cs1. The van der Waals surface area contributed by atoms with E-state index in [9.17, 15) is 9.90 Å². The monoisotopic (exact) mass is 292 g/mol. The number of anilines is 1. The van der Waals surface area contributed by atoms with Crippen LogP contribution in [0.5, 0.6) is 0 Å². The largest absolute Gasteiger partial charge is 0.463 e. The molecule has 0 aromatic carbocycles. The molecular weight excluding hydrogens is 276 g/mol. The Morgan fingerprint density at radius 3 is 3.00 bits per heavy atom. The summed E-state index contributed by atoms with van der Waals surface area (Å²) in [6.07, 6.45) is 5.12. The third kappa shape index (κ3) is 2.91. The molecule has 1 amide bonds. The molecule has 0 unspecified atom stereocenters. The molecule has 3 rings (SSSR count). The lowest BCUT2D eigenvalue weighted by atomic mass is 9.98. The molecule has 0 atom stereocenters. The molecule has 1 saturated carbocycles. The number of nitrogens with zero attached hydrogens (tertiary/aromatic N) is 1. The molecule has 0 radical (unpaired) electrons. The molecule has 106 valence electrons. The van der Waals surface area contributed by atoms with Crippen LogP contribution in [0.25, 0.3) is 11.5 Å². The minimum Gasteiger partial charge on any atom is -0.463 e. The first kappa shape index (κ1) is 13.3. The Morgan fingerprint density at radius 2 is 2.30 bits per heavy atom. The van der Waals surface area contributed by atoms with Crippen LogP contribution in [0.2, 0.25) is 0 Å². The quantitative estimate of drug-likeness (QED) is 0.908. The summed E-state index contributed by atoms with van der Waals surface area (Å²) in [7, 11) is 0. The zero-order valence-corrected chi connectivity index (χ0v) is 11.8. The molecular formula is C14H16N2O3S. The van der Waals surface area contributed by atoms with Gasteiger partial charge in [0.05, 0.1) is 18.3 Å². The molecule has 0 bridgehead atoms. The Morgan fingerprint density at radius 1 is 1.50 bits per heavy atom. The smallest absolute Gasteiger partial charge is 0.229 e. The van der Waals surface area contributed by atoms with Gasteiger partial charge < -0.3 is 14.8 Å². The summed E-state index contributed by atoms with van der Waals surface area (Å²) in [5.41, 5.74) is -0.125. The highest BCUT2D eigenvalue weighted by Gasteiger charge is 2.33. The Kier molecular flexibility index (Phi) is 3.58. The van der Waals surface area contributed by atoms with Crippen molar-refractivity contribution in [3.8, 4) is 11.5 Å². The number of rotatable bonds is 4. The molecule has 0 aliphatic heterocycles. The molecule has 1 aliphatic rings. The number of thiazole rings is 1. The van der Waals surface area contributed by atoms with Gasteiger partial charge in [0.25, 0.3) is 0 Å². The van der Waals surface area contributed by atoms with Crippen molar-refractivity contribution in [2.45, 2.75) is 37.7 Å². The van der Waals surface area contributed by atoms with Crippen LogP contribution in [0.4, 0.5) is 5.13 Å². The summed E-state index contributed by atoms with van der Waals surface area (Å²) in [5, 5.41) is 15.3. The molecule has 6 heteroatoms. The van der Waals surface area contributed by atoms with Gasteiger partial charge in [-0.05, 0) is 25.0 Å². The van der Waals surface area contributed by atoms with E-state index in [2.05, 4.69) is 10.3 Å². The third-order valence-electron chi connectivity index (χ3n) is 3.55. The van der Waals surface area contributed by atoms with E-state index in [-0.39, 0.29) is 12.3 Å². The summed E-state index contributed by atoms with van der Waals surface area (Å²) in [4.78, 5) is 16.2. The summed E-state index contributed by atoms with van der Waals surface area (Å²) in [5.74, 6) is 0.492. The molecule has 1 fully saturated rings. The second-order valence-electron chi connectivity index (χ2n) is 5.17. The maximum absolute atomic E-state index is 11.9. The van der Waals surface area contributed by atoms with Gasteiger partial charge >= 0.3 is 0 Å². The molecule has 2 heterocycles. The van der Waals surface area contributed by atoms with Crippen LogP contribution < -0.4 is 5.32 Å². The molecule has 2 aromatic heterocycles. The fraction of sp³-hybridized carbons (Fsp3) is 0.429. The van der Waals surface area contributed by atoms with Gasteiger partial charge in [-0.15, -0.1) is 11.3 Å². The number of amides is 1. The summed E-state index contributed by atoms with van der Waals surface area (Å²) >= 11 is 1.35. The molecule has 1 aliphatic carbocycles. The van der Waals surface area contributed by atoms with E-state index in [0.717, 1.165) is 12.8 Å². The van der Waals surface area contributed by atoms with Crippen LogP contribution in [0.1, 0.15) is 32.1 Å². The Balaban J connectivity index is 1.62. The Hall–Kier alpha value is -1.66. The number of hydrogen-bond donors (Lipinski definition) is 2. The highest BCUT2D eigenvalue weighted by Crippen LogP contribution is 2.33. The van der Waals surface area contributed by atoms with Gasteiger partial charge in [0, 0.05) is 5.38 Å². The van der Waals surface area contributed by atoms with Gasteiger partial charge in [0.15, 0.2) is 10.9 Å². The summed E-state index contributed by atoms with van der Waals surface area (Å²) in [6.45, 7) is 0. The fourth-order valence-electron chi connectivity index (χ4n) is 2.54. The van der Waals surface area contributed by atoms with Gasteiger partial charge in [0.2, 0.25) is 5.91 Å². The van der Waals surface area contributed by atoms with E-state index in [1.54, 1.807) is 12.3 Å². The lowest BCUT2D eigenvalue weighted by Gasteiger charge is -2.20. The van der Waals surface area contributed by atoms with Crippen LogP contribution in [0.15, 0.2) is 28.2 Å². The predicted octanol–water partition coefficient (Wildman–Crippen LogP) is 3.04. The van der Waals surface area contributed by atoms with E-state index in [1.165, 1.54) is 11.3 Å². The number of nitrogens with one attached hydrogen (secondary N) is 1. The first-order chi connectivity index (χ1) is 9.65. The van der Waals surface area contributed by atoms with Crippen LogP contribution in [0.3, 0.4) is 0 Å². The Labute approximate surface area is 120 Å². The van der Waals surface area contributed by atoms with Crippen LogP contribution in [-0.4, -0.2) is 21.6 Å². The molecule has 0 spiro atoms. The van der Waals surface area contributed by atoms with Gasteiger partial charge in [-0.1, -0.05) is 12.8 Å². The number of carbonyl (C=O) groups excluding carboxylic acids is 1. The van der Waals surface area contributed by atoms with Gasteiger partial charge in [0.1, 0.15) is 5.69 Å². The van der Waals surface area contributed by atoms with Crippen molar-refractivity contribution in [1.82, 2.24) is 4.98 Å². The van der Waals surface area contributed by atoms with Crippen LogP contribution in [-0.2, 0) is 4.79 Å². The van der Waals surface area contributed by atoms with Gasteiger partial charge in [-0.25, -0.2) is 4.98 Å². The number of furan rings is 1. The molecule has 2 aromatic rings. The summed E-state index contributed by atoms with van der Waals surface area (Å²) < 4.78 is 5.25. The maximum Gasteiger partial charge on any atom is 0.229 e. The van der Waals surface area contributed by atoms with Crippen molar-refractivity contribution < 1.29 is 14.3 Å². The first-order valence-electron chi connectivity index (χ1n) is 6.66. The van der Waals surface area contributed by atoms with Crippen molar-refractivity contribution >= 4 is 22.4 Å². The van der Waals surface area contributed by atoms with E-state index in [4.69, 9.17) is 4.42 Å². The average Bonchev–Trinajstić information content (AvgIpc) is 3.08. The number of carbonyl (C=O) groups is 1. The van der Waals surface area contributed by atoms with E-state index >= 15 is 0 Å². The van der Waals surface area contributed by atoms with Crippen molar-refractivity contribution in [1.29, 1.82) is 0 Å². The summed E-state index contributed by atoms with van der Waals surface area (Å²) in [6, 6.07) is 3.62. The van der Waals surface area contributed by atoms with Crippen molar-refractivity contribution in [2.24, 2.45) is 0 Å². The van der Waals surface area contributed by atoms with Crippen molar-refractivity contribution in [3.63, 3.8) is 0 Å². The zero-order valence-electron chi connectivity index (χ0n) is 11.0. The van der Waals surface area contributed by atoms with Crippen LogP contribution >= 0.6 is 11.3 Å². The maximum atomic E-state index is 11.9. The van der Waals surface area contributed by atoms with Gasteiger partial charge in [-0.3, -0.25) is 4.79 Å². The average molecular weight is 292 g/mol. The standard InChI is InChI=1S/C14H16N2O3S/c17-12(8-14(18)5-1-2-6-14)16-13-15-10(9-20-13)11-4-3-7-19-11/h3-4,7,9,18H,1-2,5-6,8H2,(H,15,16,17). The minimum atomic E-state index is -0.828. The zero-order chi connectivity index (χ0) is 14.0. The highest BCUT2D eigenvalue weighted by atomic mass is 32.1. The molecule has 0 saturated heterocycles. The lowest BCUT2D eigenvalue weighted by molar-refractivity contribution is -0.120. The molecule has 2 N–H and O–H groups in total. The minimum absolute atomic E-state index is 0.142. The second-order valence-corrected chi connectivity index (χ2v) is 6.03. The normalized spacial score (nSPS) is 17.2. The highest BCUT2D eigenvalue weighted by molar-refractivity contribution is 7.14. The number of aliphatic hydroxyl groups is 1. The van der Waals surface area contributed by atoms with Crippen molar-refractivity contribution in [3.05, 3.63) is 23.8 Å². The van der Waals surface area contributed by atoms with E-state index < -0.39 is 5.60 Å². The van der Waals surface area contributed by atoms with E-state index in [0.29, 0.717) is 29.4 Å². The first-order valence-corrected chi connectivity index (χ1v) is 7.54. The van der Waals surface area contributed by atoms with E-state index in [1.807, 2.05) is 11.4 Å². The number of hydrogen-bond acceptors (Lipinski definition) is 5. The topological polar surface area (TPSA) is 75.4 Å². The fourth-order valence-corrected chi connectivity index (χ4v) is 3.26. The second kappa shape index (κ2) is 5.38. The predicted molar refractivity (Wildman–Crippen MR) is 76.5 cm³/mol. The van der Waals surface area contributed by atoms with Crippen LogP contribution in [0, 0.1) is 0 Å². The van der Waals surface area contributed by atoms with Crippen molar-refractivity contribution in [2.75, 3.05) is 5.32 Å². The molecule has 5 nitrogen and oxygen atoms in total. The Bertz CT molecular complexity index is 585. The van der Waals surface area contributed by atoms with Gasteiger partial charge in [-0.2, -0.15) is 0 Å². The lowest BCUT2D eigenvalue weighted by Crippen LogP contribution is -2.30. The number of aromatic nitrogens is 1. The molecule has 20 heavy (non-hydrogen) atoms. The third-order valence-corrected chi connectivity index (χ3v) is 4.31.